The van der Waals surface area contributed by atoms with Crippen LogP contribution in [0.15, 0.2) is 23.8 Å². The molecule has 0 spiro atoms. The van der Waals surface area contributed by atoms with Gasteiger partial charge < -0.3 is 4.74 Å². The van der Waals surface area contributed by atoms with Crippen molar-refractivity contribution in [3.63, 3.8) is 0 Å². The highest BCUT2D eigenvalue weighted by Crippen LogP contribution is 2.59. The lowest BCUT2D eigenvalue weighted by atomic mass is 9.58. The monoisotopic (exact) mass is 330 g/mol. The molecule has 0 amide bonds. The summed E-state index contributed by atoms with van der Waals surface area (Å²) in [6.45, 7) is 8.16. The maximum atomic E-state index is 11.7. The van der Waals surface area contributed by atoms with E-state index in [1.54, 1.807) is 6.08 Å². The van der Waals surface area contributed by atoms with E-state index in [9.17, 15) is 4.79 Å². The first-order valence-electron chi connectivity index (χ1n) is 9.86. The van der Waals surface area contributed by atoms with Crippen molar-refractivity contribution in [1.29, 1.82) is 0 Å². The minimum absolute atomic E-state index is 0.121. The van der Waals surface area contributed by atoms with E-state index in [1.807, 2.05) is 13.2 Å². The van der Waals surface area contributed by atoms with Gasteiger partial charge in [0.2, 0.25) is 0 Å². The number of carbonyl (C=O) groups excluding carboxylic acids is 1. The van der Waals surface area contributed by atoms with Crippen LogP contribution in [0, 0.1) is 28.6 Å². The van der Waals surface area contributed by atoms with Crippen LogP contribution in [0.5, 0.6) is 0 Å². The minimum atomic E-state index is 0.121. The maximum absolute atomic E-state index is 11.7. The molecule has 0 aromatic rings. The highest BCUT2D eigenvalue weighted by Gasteiger charge is 2.50. The van der Waals surface area contributed by atoms with Crippen LogP contribution in [0.2, 0.25) is 0 Å². The van der Waals surface area contributed by atoms with Gasteiger partial charge in [-0.15, -0.1) is 0 Å². The van der Waals surface area contributed by atoms with Gasteiger partial charge in [-0.25, -0.2) is 0 Å². The second-order valence-electron chi connectivity index (χ2n) is 8.85. The molecular weight excluding hydrogens is 296 g/mol. The molecule has 134 valence electrons. The maximum Gasteiger partial charge on any atom is 0.178 e. The number of methoxy groups -OCH3 is 1. The van der Waals surface area contributed by atoms with Gasteiger partial charge in [0.15, 0.2) is 5.78 Å². The third-order valence-corrected chi connectivity index (χ3v) is 7.74. The van der Waals surface area contributed by atoms with E-state index in [0.29, 0.717) is 5.41 Å². The van der Waals surface area contributed by atoms with E-state index >= 15 is 0 Å². The van der Waals surface area contributed by atoms with Gasteiger partial charge in [0.1, 0.15) is 0 Å². The van der Waals surface area contributed by atoms with Crippen molar-refractivity contribution in [3.05, 3.63) is 23.8 Å². The predicted octanol–water partition coefficient (Wildman–Crippen LogP) is 5.34. The lowest BCUT2D eigenvalue weighted by molar-refractivity contribution is -0.110. The van der Waals surface area contributed by atoms with Crippen LogP contribution in [-0.2, 0) is 9.53 Å². The highest BCUT2D eigenvalue weighted by atomic mass is 16.5. The number of fused-ring (bicyclic) bond motifs is 1. The van der Waals surface area contributed by atoms with Crippen LogP contribution in [0.25, 0.3) is 0 Å². The van der Waals surface area contributed by atoms with E-state index < -0.39 is 0 Å². The first-order chi connectivity index (χ1) is 11.4. The molecule has 0 radical (unpaired) electrons. The number of rotatable bonds is 5. The summed E-state index contributed by atoms with van der Waals surface area (Å²) in [5, 5.41) is 0. The van der Waals surface area contributed by atoms with Crippen molar-refractivity contribution in [2.24, 2.45) is 28.6 Å². The van der Waals surface area contributed by atoms with Gasteiger partial charge in [0, 0.05) is 19.1 Å². The number of allylic oxidation sites excluding steroid dienone is 4. The van der Waals surface area contributed by atoms with Crippen molar-refractivity contribution >= 4 is 5.78 Å². The fourth-order valence-corrected chi connectivity index (χ4v) is 6.05. The number of ketones is 1. The Balaban J connectivity index is 1.76. The molecular formula is C22H34O2. The van der Waals surface area contributed by atoms with E-state index in [4.69, 9.17) is 4.74 Å². The molecule has 5 atom stereocenters. The summed E-state index contributed by atoms with van der Waals surface area (Å²) in [5.74, 6) is 2.61. The lowest BCUT2D eigenvalue weighted by Crippen LogP contribution is -2.38. The summed E-state index contributed by atoms with van der Waals surface area (Å²) < 4.78 is 5.37. The standard InChI is InChI=1S/C22H34O2/c1-5-22(3)17(11-13-24-4)8-9-20(22)16-6-7-18-14-19(23)10-12-21(18,2)15-16/h10,12,14,16-17,20H,5-9,11,13,15H2,1-4H3. The van der Waals surface area contributed by atoms with Gasteiger partial charge in [0.05, 0.1) is 0 Å². The lowest BCUT2D eigenvalue weighted by Gasteiger charge is -2.47. The van der Waals surface area contributed by atoms with Gasteiger partial charge in [0.25, 0.3) is 0 Å². The van der Waals surface area contributed by atoms with Gasteiger partial charge in [-0.3, -0.25) is 4.79 Å². The average Bonchev–Trinajstić information content (AvgIpc) is 2.90. The molecule has 3 aliphatic rings. The Kier molecular flexibility index (Phi) is 5.06. The molecule has 0 aliphatic heterocycles. The molecule has 24 heavy (non-hydrogen) atoms. The Morgan fingerprint density at radius 3 is 2.75 bits per heavy atom. The highest BCUT2D eigenvalue weighted by molar-refractivity contribution is 6.01. The molecule has 5 unspecified atom stereocenters. The van der Waals surface area contributed by atoms with Crippen LogP contribution < -0.4 is 0 Å². The number of ether oxygens (including phenoxy) is 1. The second-order valence-corrected chi connectivity index (χ2v) is 8.85. The smallest absolute Gasteiger partial charge is 0.178 e. The molecule has 0 N–H and O–H groups in total. The van der Waals surface area contributed by atoms with E-state index in [0.717, 1.165) is 30.8 Å². The van der Waals surface area contributed by atoms with Crippen LogP contribution in [0.3, 0.4) is 0 Å². The summed E-state index contributed by atoms with van der Waals surface area (Å²) in [5.41, 5.74) is 1.95. The summed E-state index contributed by atoms with van der Waals surface area (Å²) in [6, 6.07) is 0. The summed E-state index contributed by atoms with van der Waals surface area (Å²) >= 11 is 0. The third-order valence-electron chi connectivity index (χ3n) is 7.74. The number of hydrogen-bond donors (Lipinski definition) is 0. The van der Waals surface area contributed by atoms with Crippen molar-refractivity contribution in [2.45, 2.75) is 65.7 Å². The Labute approximate surface area is 147 Å². The molecule has 2 heteroatoms. The molecule has 2 saturated carbocycles. The molecule has 0 heterocycles. The first kappa shape index (κ1) is 17.9. The van der Waals surface area contributed by atoms with Crippen LogP contribution in [-0.4, -0.2) is 19.5 Å². The zero-order valence-electron chi connectivity index (χ0n) is 15.9. The Morgan fingerprint density at radius 2 is 2.04 bits per heavy atom. The Bertz CT molecular complexity index is 546. The molecule has 0 bridgehead atoms. The van der Waals surface area contributed by atoms with E-state index in [2.05, 4.69) is 26.8 Å². The van der Waals surface area contributed by atoms with Gasteiger partial charge in [-0.2, -0.15) is 0 Å². The van der Waals surface area contributed by atoms with E-state index in [1.165, 1.54) is 44.1 Å². The zero-order valence-corrected chi connectivity index (χ0v) is 15.9. The van der Waals surface area contributed by atoms with Gasteiger partial charge >= 0.3 is 0 Å². The number of carbonyl (C=O) groups is 1. The predicted molar refractivity (Wildman–Crippen MR) is 98.8 cm³/mol. The van der Waals surface area contributed by atoms with Crippen LogP contribution in [0.1, 0.15) is 65.7 Å². The summed E-state index contributed by atoms with van der Waals surface area (Å²) in [6.07, 6.45) is 14.7. The second kappa shape index (κ2) is 6.78. The molecule has 2 fully saturated rings. The fourth-order valence-electron chi connectivity index (χ4n) is 6.05. The fraction of sp³-hybridized carbons (Fsp3) is 0.773. The molecule has 0 aromatic heterocycles. The molecule has 3 aliphatic carbocycles. The Hall–Kier alpha value is -0.890. The molecule has 0 saturated heterocycles. The molecule has 3 rings (SSSR count). The van der Waals surface area contributed by atoms with Crippen molar-refractivity contribution < 1.29 is 9.53 Å². The van der Waals surface area contributed by atoms with Gasteiger partial charge in [-0.1, -0.05) is 38.8 Å². The van der Waals surface area contributed by atoms with E-state index in [-0.39, 0.29) is 11.2 Å². The van der Waals surface area contributed by atoms with Crippen molar-refractivity contribution in [1.82, 2.24) is 0 Å². The quantitative estimate of drug-likeness (QED) is 0.680. The SMILES string of the molecule is CCC1(C)C(CCOC)CCC1C1CCC2=CC(=O)C=CC2(C)C1. The molecule has 0 aromatic carbocycles. The topological polar surface area (TPSA) is 26.3 Å². The largest absolute Gasteiger partial charge is 0.385 e. The van der Waals surface area contributed by atoms with Crippen molar-refractivity contribution in [3.8, 4) is 0 Å². The average molecular weight is 331 g/mol. The normalized spacial score (nSPS) is 42.1. The summed E-state index contributed by atoms with van der Waals surface area (Å²) in [7, 11) is 1.82. The van der Waals surface area contributed by atoms with Crippen LogP contribution in [0.4, 0.5) is 0 Å². The van der Waals surface area contributed by atoms with Crippen LogP contribution >= 0.6 is 0 Å². The third kappa shape index (κ3) is 3.03. The number of hydrogen-bond acceptors (Lipinski definition) is 2. The first-order valence-corrected chi connectivity index (χ1v) is 9.86. The summed E-state index contributed by atoms with van der Waals surface area (Å²) in [4.78, 5) is 11.7. The minimum Gasteiger partial charge on any atom is -0.385 e. The van der Waals surface area contributed by atoms with Gasteiger partial charge in [-0.05, 0) is 73.8 Å². The molecule has 2 nitrogen and oxygen atoms in total. The zero-order chi connectivity index (χ0) is 17.4. The Morgan fingerprint density at radius 1 is 1.25 bits per heavy atom. The van der Waals surface area contributed by atoms with Crippen molar-refractivity contribution in [2.75, 3.05) is 13.7 Å².